The Labute approximate surface area is 117 Å². The number of nitrogens with zero attached hydrogens (tertiary/aromatic N) is 2. The summed E-state index contributed by atoms with van der Waals surface area (Å²) < 4.78 is 0. The Bertz CT molecular complexity index is 619. The van der Waals surface area contributed by atoms with Gasteiger partial charge in [0.15, 0.2) is 0 Å². The van der Waals surface area contributed by atoms with E-state index in [1.54, 1.807) is 25.5 Å². The van der Waals surface area contributed by atoms with Crippen molar-refractivity contribution in [3.05, 3.63) is 40.3 Å². The molecule has 20 heavy (non-hydrogen) atoms. The molecule has 0 saturated carbocycles. The van der Waals surface area contributed by atoms with Crippen LogP contribution in [0.1, 0.15) is 19.5 Å². The van der Waals surface area contributed by atoms with Gasteiger partial charge in [-0.2, -0.15) is 0 Å². The summed E-state index contributed by atoms with van der Waals surface area (Å²) in [7, 11) is 1.67. The third kappa shape index (κ3) is 2.79. The van der Waals surface area contributed by atoms with Crippen LogP contribution in [0.25, 0.3) is 11.3 Å². The molecule has 0 aliphatic rings. The normalized spacial score (nSPS) is 10.8. The number of anilines is 1. The van der Waals surface area contributed by atoms with Crippen molar-refractivity contribution < 1.29 is 4.92 Å². The van der Waals surface area contributed by atoms with Crippen LogP contribution in [0.15, 0.2) is 24.5 Å². The van der Waals surface area contributed by atoms with E-state index in [-0.39, 0.29) is 10.6 Å². The van der Waals surface area contributed by atoms with Gasteiger partial charge in [0.1, 0.15) is 5.69 Å². The van der Waals surface area contributed by atoms with Gasteiger partial charge in [0.05, 0.1) is 22.6 Å². The van der Waals surface area contributed by atoms with Crippen LogP contribution in [-0.4, -0.2) is 21.9 Å². The van der Waals surface area contributed by atoms with Gasteiger partial charge in [-0.25, -0.2) is 4.98 Å². The van der Waals surface area contributed by atoms with E-state index >= 15 is 0 Å². The largest absolute Gasteiger partial charge is 0.383 e. The molecule has 0 fully saturated rings. The van der Waals surface area contributed by atoms with Crippen molar-refractivity contribution >= 4 is 11.4 Å². The molecule has 0 bridgehead atoms. The molecule has 0 atom stereocenters. The third-order valence-electron chi connectivity index (χ3n) is 3.07. The van der Waals surface area contributed by atoms with Gasteiger partial charge in [0, 0.05) is 18.7 Å². The Morgan fingerprint density at radius 3 is 2.80 bits per heavy atom. The predicted molar refractivity (Wildman–Crippen MR) is 78.8 cm³/mol. The minimum Gasteiger partial charge on any atom is -0.383 e. The molecule has 0 aliphatic heterocycles. The lowest BCUT2D eigenvalue weighted by Crippen LogP contribution is -1.99. The lowest BCUT2D eigenvalue weighted by Gasteiger charge is -2.07. The minimum atomic E-state index is -0.381. The van der Waals surface area contributed by atoms with E-state index in [0.29, 0.717) is 11.6 Å². The molecule has 2 aromatic rings. The molecular weight excluding hydrogens is 256 g/mol. The molecule has 0 saturated heterocycles. The first-order chi connectivity index (χ1) is 9.52. The highest BCUT2D eigenvalue weighted by molar-refractivity contribution is 5.72. The number of imidazole rings is 1. The molecule has 0 unspecified atom stereocenters. The monoisotopic (exact) mass is 274 g/mol. The van der Waals surface area contributed by atoms with E-state index in [0.717, 1.165) is 23.4 Å². The molecule has 0 aliphatic carbocycles. The first-order valence-corrected chi connectivity index (χ1v) is 6.51. The van der Waals surface area contributed by atoms with Gasteiger partial charge in [-0.05, 0) is 18.4 Å². The number of nitrogens with one attached hydrogen (secondary N) is 2. The van der Waals surface area contributed by atoms with E-state index in [1.807, 2.05) is 6.07 Å². The molecule has 0 spiro atoms. The summed E-state index contributed by atoms with van der Waals surface area (Å²) in [6.07, 6.45) is 2.46. The second-order valence-electron chi connectivity index (χ2n) is 5.06. The summed E-state index contributed by atoms with van der Waals surface area (Å²) in [5.74, 6) is 0.476. The van der Waals surface area contributed by atoms with Crippen molar-refractivity contribution in [1.82, 2.24) is 9.97 Å². The van der Waals surface area contributed by atoms with Crippen LogP contribution >= 0.6 is 0 Å². The van der Waals surface area contributed by atoms with Crippen LogP contribution in [-0.2, 0) is 6.42 Å². The number of hydrogen-bond donors (Lipinski definition) is 2. The summed E-state index contributed by atoms with van der Waals surface area (Å²) in [6, 6.07) is 5.15. The molecule has 2 N–H and O–H groups in total. The van der Waals surface area contributed by atoms with Crippen molar-refractivity contribution in [2.24, 2.45) is 5.92 Å². The SMILES string of the molecule is CNc1ccc(-c2[nH]cnc2CC(C)C)cc1[N+](=O)[O-]. The maximum Gasteiger partial charge on any atom is 0.292 e. The lowest BCUT2D eigenvalue weighted by molar-refractivity contribution is -0.383. The predicted octanol–water partition coefficient (Wildman–Crippen LogP) is 3.23. The average molecular weight is 274 g/mol. The van der Waals surface area contributed by atoms with Crippen LogP contribution in [0.3, 0.4) is 0 Å². The Morgan fingerprint density at radius 1 is 1.45 bits per heavy atom. The maximum atomic E-state index is 11.1. The maximum absolute atomic E-state index is 11.1. The molecule has 6 nitrogen and oxygen atoms in total. The molecule has 2 rings (SSSR count). The Hall–Kier alpha value is -2.37. The molecule has 6 heteroatoms. The smallest absolute Gasteiger partial charge is 0.292 e. The number of nitro benzene ring substituents is 1. The molecule has 1 aromatic carbocycles. The van der Waals surface area contributed by atoms with Crippen molar-refractivity contribution in [1.29, 1.82) is 0 Å². The summed E-state index contributed by atoms with van der Waals surface area (Å²) in [5.41, 5.74) is 3.14. The number of aromatic nitrogens is 2. The van der Waals surface area contributed by atoms with Gasteiger partial charge in [-0.3, -0.25) is 10.1 Å². The van der Waals surface area contributed by atoms with Gasteiger partial charge in [-0.15, -0.1) is 0 Å². The van der Waals surface area contributed by atoms with Crippen LogP contribution in [0, 0.1) is 16.0 Å². The van der Waals surface area contributed by atoms with E-state index in [2.05, 4.69) is 29.1 Å². The topological polar surface area (TPSA) is 83.8 Å². The number of H-pyrrole nitrogens is 1. The van der Waals surface area contributed by atoms with Crippen LogP contribution in [0.2, 0.25) is 0 Å². The zero-order valence-electron chi connectivity index (χ0n) is 11.8. The van der Waals surface area contributed by atoms with Crippen LogP contribution < -0.4 is 5.32 Å². The zero-order valence-corrected chi connectivity index (χ0v) is 11.8. The number of nitro groups is 1. The molecule has 0 amide bonds. The minimum absolute atomic E-state index is 0.0649. The van der Waals surface area contributed by atoms with Crippen molar-refractivity contribution in [3.63, 3.8) is 0 Å². The molecule has 0 radical (unpaired) electrons. The van der Waals surface area contributed by atoms with Crippen LogP contribution in [0.4, 0.5) is 11.4 Å². The van der Waals surface area contributed by atoms with Gasteiger partial charge in [0.2, 0.25) is 0 Å². The van der Waals surface area contributed by atoms with E-state index in [4.69, 9.17) is 0 Å². The van der Waals surface area contributed by atoms with Gasteiger partial charge in [0.25, 0.3) is 5.69 Å². The number of hydrogen-bond acceptors (Lipinski definition) is 4. The Kier molecular flexibility index (Phi) is 4.02. The highest BCUT2D eigenvalue weighted by Gasteiger charge is 2.17. The van der Waals surface area contributed by atoms with Crippen molar-refractivity contribution in [3.8, 4) is 11.3 Å². The van der Waals surface area contributed by atoms with Gasteiger partial charge >= 0.3 is 0 Å². The van der Waals surface area contributed by atoms with Gasteiger partial charge < -0.3 is 10.3 Å². The Morgan fingerprint density at radius 2 is 2.20 bits per heavy atom. The lowest BCUT2D eigenvalue weighted by atomic mass is 10.0. The second kappa shape index (κ2) is 5.73. The molecule has 1 aromatic heterocycles. The van der Waals surface area contributed by atoms with E-state index < -0.39 is 0 Å². The highest BCUT2D eigenvalue weighted by atomic mass is 16.6. The summed E-state index contributed by atoms with van der Waals surface area (Å²) in [5, 5.41) is 13.9. The van der Waals surface area contributed by atoms with Crippen molar-refractivity contribution in [2.45, 2.75) is 20.3 Å². The number of benzene rings is 1. The first-order valence-electron chi connectivity index (χ1n) is 6.51. The van der Waals surface area contributed by atoms with Gasteiger partial charge in [-0.1, -0.05) is 19.9 Å². The second-order valence-corrected chi connectivity index (χ2v) is 5.06. The number of rotatable bonds is 5. The standard InChI is InChI=1S/C14H18N4O2/c1-9(2)6-12-14(17-8-16-12)10-4-5-11(15-3)13(7-10)18(19)20/h4-5,7-9,15H,6H2,1-3H3,(H,16,17). The molecule has 1 heterocycles. The van der Waals surface area contributed by atoms with E-state index in [9.17, 15) is 10.1 Å². The van der Waals surface area contributed by atoms with E-state index in [1.165, 1.54) is 0 Å². The summed E-state index contributed by atoms with van der Waals surface area (Å²) >= 11 is 0. The molecular formula is C14H18N4O2. The number of aromatic amines is 1. The third-order valence-corrected chi connectivity index (χ3v) is 3.07. The average Bonchev–Trinajstić information content (AvgIpc) is 2.85. The molecule has 106 valence electrons. The van der Waals surface area contributed by atoms with Crippen molar-refractivity contribution in [2.75, 3.05) is 12.4 Å². The summed E-state index contributed by atoms with van der Waals surface area (Å²) in [4.78, 5) is 18.1. The fraction of sp³-hybridized carbons (Fsp3) is 0.357. The summed E-state index contributed by atoms with van der Waals surface area (Å²) in [6.45, 7) is 4.23. The zero-order chi connectivity index (χ0) is 14.7. The highest BCUT2D eigenvalue weighted by Crippen LogP contribution is 2.31. The quantitative estimate of drug-likeness (QED) is 0.647. The fourth-order valence-corrected chi connectivity index (χ4v) is 2.16. The fourth-order valence-electron chi connectivity index (χ4n) is 2.16. The first kappa shape index (κ1) is 14.0. The van der Waals surface area contributed by atoms with Crippen LogP contribution in [0.5, 0.6) is 0 Å². The Balaban J connectivity index is 2.46.